The van der Waals surface area contributed by atoms with E-state index in [1.165, 1.54) is 16.2 Å². The number of urea groups is 1. The van der Waals surface area contributed by atoms with Crippen LogP contribution in [0.25, 0.3) is 21.8 Å². The lowest BCUT2D eigenvalue weighted by molar-refractivity contribution is 0.0127. The predicted octanol–water partition coefficient (Wildman–Crippen LogP) is 1.16. The normalized spacial score (nSPS) is 19.4. The molecule has 0 radical (unpaired) electrons. The molecule has 1 aliphatic carbocycles. The van der Waals surface area contributed by atoms with Gasteiger partial charge in [-0.05, 0) is 18.2 Å². The molecule has 192 valence electrons. The maximum atomic E-state index is 13.8. The monoisotopic (exact) mass is 523 g/mol. The molecule has 0 spiro atoms. The largest absolute Gasteiger partial charge is 0.379 e. The van der Waals surface area contributed by atoms with E-state index in [0.29, 0.717) is 89.5 Å². The zero-order chi connectivity index (χ0) is 25.5. The first kappa shape index (κ1) is 23.8. The molecule has 2 saturated heterocycles. The van der Waals surface area contributed by atoms with Gasteiger partial charge in [0.05, 0.1) is 52.1 Å². The molecule has 5 N–H and O–H groups in total. The molecule has 3 aromatic rings. The first-order valence-corrected chi connectivity index (χ1v) is 12.8. The van der Waals surface area contributed by atoms with E-state index < -0.39 is 12.3 Å². The van der Waals surface area contributed by atoms with E-state index >= 15 is 0 Å². The van der Waals surface area contributed by atoms with Crippen LogP contribution in [0.4, 0.5) is 10.5 Å². The molecular weight excluding hydrogens is 498 g/mol. The lowest BCUT2D eigenvalue weighted by atomic mass is 10.0. The van der Waals surface area contributed by atoms with Crippen LogP contribution in [-0.4, -0.2) is 85.2 Å². The van der Waals surface area contributed by atoms with Gasteiger partial charge in [-0.1, -0.05) is 12.1 Å². The summed E-state index contributed by atoms with van der Waals surface area (Å²) in [4.78, 5) is 41.6. The second kappa shape index (κ2) is 9.68. The second-order valence-electron chi connectivity index (χ2n) is 8.79. The van der Waals surface area contributed by atoms with Crippen molar-refractivity contribution in [1.29, 1.82) is 0 Å². The molecule has 1 aromatic carbocycles. The summed E-state index contributed by atoms with van der Waals surface area (Å²) < 4.78 is 11.1. The number of primary amides is 1. The molecule has 1 atom stereocenters. The maximum Gasteiger partial charge on any atom is 0.321 e. The summed E-state index contributed by atoms with van der Waals surface area (Å²) in [5, 5.41) is 12.4. The summed E-state index contributed by atoms with van der Waals surface area (Å²) in [5.74, 6) is -0.489. The molecule has 3 aliphatic rings. The molecular formula is C24H25N7O5S. The van der Waals surface area contributed by atoms with Gasteiger partial charge in [0.25, 0.3) is 5.91 Å². The van der Waals surface area contributed by atoms with Crippen LogP contribution in [-0.2, 0) is 9.47 Å². The van der Waals surface area contributed by atoms with Crippen molar-refractivity contribution in [1.82, 2.24) is 25.9 Å². The van der Waals surface area contributed by atoms with Crippen LogP contribution in [0, 0.1) is 0 Å². The average Bonchev–Trinajstić information content (AvgIpc) is 3.62. The molecule has 2 aromatic heterocycles. The summed E-state index contributed by atoms with van der Waals surface area (Å²) in [6.45, 7) is 3.86. The fourth-order valence-electron chi connectivity index (χ4n) is 4.84. The van der Waals surface area contributed by atoms with Crippen molar-refractivity contribution in [2.75, 3.05) is 50.9 Å². The molecule has 13 heteroatoms. The molecule has 12 nitrogen and oxygen atoms in total. The highest BCUT2D eigenvalue weighted by atomic mass is 32.1. The Labute approximate surface area is 215 Å². The van der Waals surface area contributed by atoms with E-state index in [9.17, 15) is 14.4 Å². The zero-order valence-electron chi connectivity index (χ0n) is 19.8. The van der Waals surface area contributed by atoms with Gasteiger partial charge in [0, 0.05) is 31.7 Å². The molecule has 2 fully saturated rings. The number of hydrazine groups is 1. The van der Waals surface area contributed by atoms with E-state index in [1.54, 1.807) is 30.3 Å². The summed E-state index contributed by atoms with van der Waals surface area (Å²) in [7, 11) is 0. The van der Waals surface area contributed by atoms with Gasteiger partial charge < -0.3 is 20.5 Å². The second-order valence-corrected chi connectivity index (χ2v) is 9.88. The van der Waals surface area contributed by atoms with E-state index in [0.717, 1.165) is 0 Å². The van der Waals surface area contributed by atoms with Gasteiger partial charge in [0.1, 0.15) is 5.69 Å². The maximum absolute atomic E-state index is 13.8. The summed E-state index contributed by atoms with van der Waals surface area (Å²) in [6.07, 6.45) is -0.635. The van der Waals surface area contributed by atoms with Gasteiger partial charge in [-0.15, -0.1) is 11.3 Å². The van der Waals surface area contributed by atoms with Crippen molar-refractivity contribution in [3.05, 3.63) is 46.3 Å². The number of ketones is 1. The Hall–Kier alpha value is -3.62. The number of anilines is 1. The summed E-state index contributed by atoms with van der Waals surface area (Å²) in [5.41, 5.74) is 11.4. The average molecular weight is 524 g/mol. The molecule has 4 heterocycles. The van der Waals surface area contributed by atoms with Crippen molar-refractivity contribution in [3.63, 3.8) is 0 Å². The number of nitrogens with one attached hydrogen (secondary N) is 3. The van der Waals surface area contributed by atoms with Crippen molar-refractivity contribution in [2.24, 2.45) is 5.73 Å². The third kappa shape index (κ3) is 4.20. The number of fused-ring (bicyclic) bond motifs is 3. The minimum absolute atomic E-state index is 0.218. The lowest BCUT2D eigenvalue weighted by Gasteiger charge is -2.34. The number of aromatic amines is 1. The number of rotatable bonds is 5. The molecule has 37 heavy (non-hydrogen) atoms. The van der Waals surface area contributed by atoms with Crippen molar-refractivity contribution in [2.45, 2.75) is 6.23 Å². The third-order valence-electron chi connectivity index (χ3n) is 6.56. The van der Waals surface area contributed by atoms with E-state index in [1.807, 2.05) is 5.01 Å². The number of carbonyl (C=O) groups excluding carboxylic acids is 3. The first-order chi connectivity index (χ1) is 18.0. The van der Waals surface area contributed by atoms with Crippen molar-refractivity contribution >= 4 is 34.7 Å². The number of benzene rings is 1. The third-order valence-corrected chi connectivity index (χ3v) is 7.66. The molecule has 0 saturated carbocycles. The first-order valence-electron chi connectivity index (χ1n) is 11.9. The number of H-pyrrole nitrogens is 1. The van der Waals surface area contributed by atoms with Gasteiger partial charge >= 0.3 is 6.03 Å². The Kier molecular flexibility index (Phi) is 6.22. The minimum atomic E-state index is -0.713. The smallest absolute Gasteiger partial charge is 0.321 e. The van der Waals surface area contributed by atoms with Crippen LogP contribution >= 0.6 is 11.3 Å². The standard InChI is InChI=1S/C24H25N7O5S/c25-24(34)31(17-12-26-6-9-36-17)14-3-1-2-13-18(14)22(32)19-20(13)27-28-21(19)15-4-5-16(37-15)23(33)29-30-7-10-35-11-8-30/h1-5,17,26H,6-12H2,(H2,25,34)(H,27,28)(H,29,33). The Morgan fingerprint density at radius 3 is 2.76 bits per heavy atom. The SMILES string of the molecule is NC(=O)N(c1cccc2c1C(=O)c1c-2n[nH]c1-c1ccc(C(=O)NN2CCOCC2)s1)C1CNCCO1. The molecule has 6 rings (SSSR count). The lowest BCUT2D eigenvalue weighted by Crippen LogP contribution is -2.53. The fraction of sp³-hybridized carbons (Fsp3) is 0.333. The van der Waals surface area contributed by atoms with Gasteiger partial charge in [0.2, 0.25) is 0 Å². The van der Waals surface area contributed by atoms with E-state index in [2.05, 4.69) is 20.9 Å². The van der Waals surface area contributed by atoms with Crippen molar-refractivity contribution < 1.29 is 23.9 Å². The van der Waals surface area contributed by atoms with E-state index in [4.69, 9.17) is 15.2 Å². The van der Waals surface area contributed by atoms with Crippen LogP contribution in [0.15, 0.2) is 30.3 Å². The molecule has 0 bridgehead atoms. The Morgan fingerprint density at radius 2 is 2.00 bits per heavy atom. The van der Waals surface area contributed by atoms with Gasteiger partial charge in [-0.25, -0.2) is 9.80 Å². The zero-order valence-corrected chi connectivity index (χ0v) is 20.6. The predicted molar refractivity (Wildman–Crippen MR) is 135 cm³/mol. The number of carbonyl (C=O) groups is 3. The number of hydrogen-bond donors (Lipinski definition) is 4. The number of hydrogen-bond acceptors (Lipinski definition) is 9. The Bertz CT molecular complexity index is 1370. The minimum Gasteiger partial charge on any atom is -0.379 e. The number of thiophene rings is 1. The number of nitrogens with two attached hydrogens (primary N) is 1. The Balaban J connectivity index is 1.31. The highest BCUT2D eigenvalue weighted by molar-refractivity contribution is 7.17. The van der Waals surface area contributed by atoms with Crippen LogP contribution in [0.5, 0.6) is 0 Å². The molecule has 1 unspecified atom stereocenters. The fourth-order valence-corrected chi connectivity index (χ4v) is 5.74. The van der Waals surface area contributed by atoms with Crippen molar-refractivity contribution in [3.8, 4) is 21.8 Å². The number of aromatic nitrogens is 2. The number of ether oxygens (including phenoxy) is 2. The van der Waals surface area contributed by atoms with E-state index in [-0.39, 0.29) is 11.7 Å². The van der Waals surface area contributed by atoms with Crippen LogP contribution in [0.2, 0.25) is 0 Å². The summed E-state index contributed by atoms with van der Waals surface area (Å²) >= 11 is 1.27. The quantitative estimate of drug-likeness (QED) is 0.304. The van der Waals surface area contributed by atoms with Gasteiger partial charge in [-0.3, -0.25) is 25.0 Å². The van der Waals surface area contributed by atoms with Crippen LogP contribution in [0.1, 0.15) is 25.6 Å². The number of morpholine rings is 2. The van der Waals surface area contributed by atoms with Gasteiger partial charge in [0.15, 0.2) is 12.0 Å². The molecule has 2 aliphatic heterocycles. The number of amides is 3. The van der Waals surface area contributed by atoms with Gasteiger partial charge in [-0.2, -0.15) is 5.10 Å². The van der Waals surface area contributed by atoms with Crippen LogP contribution in [0.3, 0.4) is 0 Å². The summed E-state index contributed by atoms with van der Waals surface area (Å²) in [6, 6.07) is 8.05. The Morgan fingerprint density at radius 1 is 1.16 bits per heavy atom. The number of nitrogens with zero attached hydrogens (tertiary/aromatic N) is 3. The topological polar surface area (TPSA) is 155 Å². The molecule has 3 amide bonds. The van der Waals surface area contributed by atoms with Crippen LogP contribution < -0.4 is 21.4 Å². The highest BCUT2D eigenvalue weighted by Gasteiger charge is 2.39. The highest BCUT2D eigenvalue weighted by Crippen LogP contribution is 2.45.